The van der Waals surface area contributed by atoms with Crippen molar-refractivity contribution in [3.05, 3.63) is 82.8 Å². The van der Waals surface area contributed by atoms with E-state index in [4.69, 9.17) is 14.2 Å². The first-order valence-electron chi connectivity index (χ1n) is 8.37. The topological polar surface area (TPSA) is 61.8 Å². The molecule has 1 unspecified atom stereocenters. The van der Waals surface area contributed by atoms with E-state index >= 15 is 0 Å². The van der Waals surface area contributed by atoms with Gasteiger partial charge in [-0.2, -0.15) is 0 Å². The molecule has 0 bridgehead atoms. The first-order chi connectivity index (χ1) is 12.5. The van der Waals surface area contributed by atoms with Gasteiger partial charge in [0.2, 0.25) is 11.5 Å². The summed E-state index contributed by atoms with van der Waals surface area (Å²) in [6, 6.07) is 14.5. The molecular weight excluding hydrogens is 332 g/mol. The molecule has 0 saturated carbocycles. The highest BCUT2D eigenvalue weighted by molar-refractivity contribution is 6.01. The third-order valence-electron chi connectivity index (χ3n) is 4.03. The second-order valence-corrected chi connectivity index (χ2v) is 6.13. The molecule has 0 saturated heterocycles. The number of benzene rings is 2. The lowest BCUT2D eigenvalue weighted by atomic mass is 9.98. The normalized spacial score (nSPS) is 14.5. The minimum atomic E-state index is -1.06. The van der Waals surface area contributed by atoms with E-state index in [1.54, 1.807) is 24.3 Å². The summed E-state index contributed by atoms with van der Waals surface area (Å²) < 4.78 is 15.8. The van der Waals surface area contributed by atoms with Gasteiger partial charge in [-0.3, -0.25) is 4.79 Å². The predicted molar refractivity (Wildman–Crippen MR) is 95.5 cm³/mol. The molecule has 3 rings (SSSR count). The summed E-state index contributed by atoms with van der Waals surface area (Å²) in [5.74, 6) is -1.06. The molecule has 0 amide bonds. The minimum Gasteiger partial charge on any atom is -0.493 e. The van der Waals surface area contributed by atoms with Crippen LogP contribution in [0.15, 0.2) is 60.6 Å². The number of hydrogen-bond acceptors (Lipinski definition) is 5. The van der Waals surface area contributed by atoms with Crippen LogP contribution < -0.4 is 0 Å². The Morgan fingerprint density at radius 2 is 1.54 bits per heavy atom. The number of esters is 1. The third-order valence-corrected chi connectivity index (χ3v) is 4.03. The number of ether oxygens (including phenoxy) is 3. The van der Waals surface area contributed by atoms with Gasteiger partial charge in [-0.25, -0.2) is 4.79 Å². The SMILES string of the molecule is Cc1ccc(C(=O)C(OC(=O)C2=COCCO2)c2ccc(C)cc2)cc1. The van der Waals surface area contributed by atoms with Gasteiger partial charge >= 0.3 is 5.97 Å². The summed E-state index contributed by atoms with van der Waals surface area (Å²) in [5, 5.41) is 0. The molecule has 5 heteroatoms. The maximum absolute atomic E-state index is 13.0. The standard InChI is InChI=1S/C21H20O5/c1-14-3-7-16(8-4-14)19(22)20(17-9-5-15(2)6-10-17)26-21(23)18-13-24-11-12-25-18/h3-10,13,20H,11-12H2,1-2H3. The Balaban J connectivity index is 1.89. The molecule has 0 spiro atoms. The van der Waals surface area contributed by atoms with Crippen molar-refractivity contribution in [3.8, 4) is 0 Å². The van der Waals surface area contributed by atoms with Gasteiger partial charge in [0.1, 0.15) is 19.5 Å². The van der Waals surface area contributed by atoms with Gasteiger partial charge in [0.25, 0.3) is 0 Å². The van der Waals surface area contributed by atoms with Crippen molar-refractivity contribution in [1.82, 2.24) is 0 Å². The number of carbonyl (C=O) groups is 2. The number of hydrogen-bond donors (Lipinski definition) is 0. The third kappa shape index (κ3) is 4.11. The minimum absolute atomic E-state index is 0.0370. The Morgan fingerprint density at radius 1 is 0.923 bits per heavy atom. The van der Waals surface area contributed by atoms with Crippen LogP contribution in [-0.2, 0) is 19.0 Å². The Morgan fingerprint density at radius 3 is 2.12 bits per heavy atom. The first kappa shape index (κ1) is 17.7. The van der Waals surface area contributed by atoms with Crippen LogP contribution >= 0.6 is 0 Å². The zero-order valence-electron chi connectivity index (χ0n) is 14.7. The van der Waals surface area contributed by atoms with E-state index in [-0.39, 0.29) is 18.1 Å². The fourth-order valence-electron chi connectivity index (χ4n) is 2.52. The van der Waals surface area contributed by atoms with Crippen LogP contribution in [0.4, 0.5) is 0 Å². The fraction of sp³-hybridized carbons (Fsp3) is 0.238. The van der Waals surface area contributed by atoms with E-state index in [1.807, 2.05) is 38.1 Å². The summed E-state index contributed by atoms with van der Waals surface area (Å²) in [4.78, 5) is 25.4. The zero-order chi connectivity index (χ0) is 18.5. The summed E-state index contributed by atoms with van der Waals surface area (Å²) in [7, 11) is 0. The van der Waals surface area contributed by atoms with Crippen LogP contribution in [0.25, 0.3) is 0 Å². The molecule has 2 aromatic rings. The number of carbonyl (C=O) groups excluding carboxylic acids is 2. The quantitative estimate of drug-likeness (QED) is 0.607. The lowest BCUT2D eigenvalue weighted by molar-refractivity contribution is -0.148. The highest BCUT2D eigenvalue weighted by atomic mass is 16.6. The van der Waals surface area contributed by atoms with Crippen molar-refractivity contribution in [1.29, 1.82) is 0 Å². The van der Waals surface area contributed by atoms with Crippen LogP contribution in [0, 0.1) is 13.8 Å². The Hall–Kier alpha value is -3.08. The van der Waals surface area contributed by atoms with Gasteiger partial charge in [0.15, 0.2) is 6.10 Å². The molecule has 0 aliphatic carbocycles. The van der Waals surface area contributed by atoms with Gasteiger partial charge in [-0.1, -0.05) is 59.7 Å². The van der Waals surface area contributed by atoms with Crippen LogP contribution in [0.3, 0.4) is 0 Å². The Kier molecular flexibility index (Phi) is 5.37. The number of Topliss-reactive ketones (excluding diaryl/α,β-unsaturated/α-hetero) is 1. The summed E-state index contributed by atoms with van der Waals surface area (Å²) >= 11 is 0. The van der Waals surface area contributed by atoms with Gasteiger partial charge in [0.05, 0.1) is 0 Å². The predicted octanol–water partition coefficient (Wildman–Crippen LogP) is 3.66. The molecular formula is C21H20O5. The average Bonchev–Trinajstić information content (AvgIpc) is 2.67. The Bertz CT molecular complexity index is 818. The summed E-state index contributed by atoms with van der Waals surface area (Å²) in [5.41, 5.74) is 3.17. The zero-order valence-corrected chi connectivity index (χ0v) is 14.7. The molecule has 1 heterocycles. The van der Waals surface area contributed by atoms with Crippen LogP contribution in [0.2, 0.25) is 0 Å². The van der Waals surface area contributed by atoms with Crippen LogP contribution in [0.5, 0.6) is 0 Å². The van der Waals surface area contributed by atoms with Gasteiger partial charge < -0.3 is 14.2 Å². The number of rotatable bonds is 5. The lowest BCUT2D eigenvalue weighted by Gasteiger charge is -2.20. The highest BCUT2D eigenvalue weighted by Crippen LogP contribution is 2.25. The van der Waals surface area contributed by atoms with E-state index in [9.17, 15) is 9.59 Å². The van der Waals surface area contributed by atoms with E-state index in [1.165, 1.54) is 6.26 Å². The van der Waals surface area contributed by atoms with Crippen molar-refractivity contribution >= 4 is 11.8 Å². The van der Waals surface area contributed by atoms with Gasteiger partial charge in [-0.15, -0.1) is 0 Å². The first-order valence-corrected chi connectivity index (χ1v) is 8.37. The number of ketones is 1. The van der Waals surface area contributed by atoms with Crippen molar-refractivity contribution in [2.45, 2.75) is 20.0 Å². The molecule has 1 aliphatic rings. The van der Waals surface area contributed by atoms with E-state index in [0.717, 1.165) is 11.1 Å². The molecule has 2 aromatic carbocycles. The molecule has 26 heavy (non-hydrogen) atoms. The van der Waals surface area contributed by atoms with Crippen LogP contribution in [-0.4, -0.2) is 25.0 Å². The van der Waals surface area contributed by atoms with Crippen molar-refractivity contribution in [2.75, 3.05) is 13.2 Å². The smallest absolute Gasteiger partial charge is 0.377 e. The summed E-state index contributed by atoms with van der Waals surface area (Å²) in [6.45, 7) is 4.53. The maximum atomic E-state index is 13.0. The molecule has 0 fully saturated rings. The van der Waals surface area contributed by atoms with Crippen molar-refractivity contribution < 1.29 is 23.8 Å². The van der Waals surface area contributed by atoms with Crippen molar-refractivity contribution in [2.24, 2.45) is 0 Å². The molecule has 0 aromatic heterocycles. The molecule has 1 atom stereocenters. The van der Waals surface area contributed by atoms with E-state index < -0.39 is 12.1 Å². The molecule has 134 valence electrons. The second kappa shape index (κ2) is 7.87. The van der Waals surface area contributed by atoms with E-state index in [0.29, 0.717) is 17.7 Å². The average molecular weight is 352 g/mol. The lowest BCUT2D eigenvalue weighted by Crippen LogP contribution is -2.24. The molecule has 0 radical (unpaired) electrons. The highest BCUT2D eigenvalue weighted by Gasteiger charge is 2.29. The van der Waals surface area contributed by atoms with Gasteiger partial charge in [-0.05, 0) is 13.8 Å². The number of aryl methyl sites for hydroxylation is 2. The maximum Gasteiger partial charge on any atom is 0.377 e. The fourth-order valence-corrected chi connectivity index (χ4v) is 2.52. The molecule has 0 N–H and O–H groups in total. The van der Waals surface area contributed by atoms with Crippen molar-refractivity contribution in [3.63, 3.8) is 0 Å². The van der Waals surface area contributed by atoms with E-state index in [2.05, 4.69) is 0 Å². The molecule has 5 nitrogen and oxygen atoms in total. The van der Waals surface area contributed by atoms with Gasteiger partial charge in [0, 0.05) is 11.1 Å². The van der Waals surface area contributed by atoms with Crippen LogP contribution in [0.1, 0.15) is 33.2 Å². The monoisotopic (exact) mass is 352 g/mol. The second-order valence-electron chi connectivity index (χ2n) is 6.13. The Labute approximate surface area is 152 Å². The largest absolute Gasteiger partial charge is 0.493 e. The molecule has 1 aliphatic heterocycles. The summed E-state index contributed by atoms with van der Waals surface area (Å²) in [6.07, 6.45) is 0.159.